The molecule has 0 N–H and O–H groups in total. The molecule has 0 amide bonds. The third-order valence-electron chi connectivity index (χ3n) is 3.18. The fraction of sp³-hybridized carbons (Fsp3) is 0.429. The molecule has 0 unspecified atom stereocenters. The first-order chi connectivity index (χ1) is 9.26. The number of thiocyanates is 1. The molecule has 0 radical (unpaired) electrons. The van der Waals surface area contributed by atoms with Crippen LogP contribution in [0, 0.1) is 10.7 Å². The van der Waals surface area contributed by atoms with Gasteiger partial charge in [-0.2, -0.15) is 5.26 Å². The zero-order valence-electron chi connectivity index (χ0n) is 10.8. The molecule has 0 spiro atoms. The number of benzene rings is 1. The number of nitrogens with zero attached hydrogens (tertiary/aromatic N) is 1. The molecule has 0 atom stereocenters. The van der Waals surface area contributed by atoms with E-state index in [1.807, 2.05) is 12.1 Å². The molecule has 0 saturated heterocycles. The van der Waals surface area contributed by atoms with Crippen LogP contribution in [0.3, 0.4) is 0 Å². The van der Waals surface area contributed by atoms with E-state index in [-0.39, 0.29) is 12.6 Å². The zero-order chi connectivity index (χ0) is 13.7. The van der Waals surface area contributed by atoms with E-state index < -0.39 is 0 Å². The van der Waals surface area contributed by atoms with Gasteiger partial charge in [0, 0.05) is 4.90 Å². The summed E-state index contributed by atoms with van der Waals surface area (Å²) in [5.41, 5.74) is 2.33. The SMILES string of the molecule is COC(=O)COc1ccc(SC#N)c2c1CCCC2. The van der Waals surface area contributed by atoms with Crippen LogP contribution < -0.4 is 4.74 Å². The second kappa shape index (κ2) is 6.48. The van der Waals surface area contributed by atoms with E-state index in [9.17, 15) is 4.79 Å². The zero-order valence-corrected chi connectivity index (χ0v) is 11.6. The van der Waals surface area contributed by atoms with E-state index in [1.165, 1.54) is 24.4 Å². The third kappa shape index (κ3) is 3.21. The van der Waals surface area contributed by atoms with E-state index >= 15 is 0 Å². The fourth-order valence-electron chi connectivity index (χ4n) is 2.28. The van der Waals surface area contributed by atoms with Crippen molar-refractivity contribution in [2.75, 3.05) is 13.7 Å². The highest BCUT2D eigenvalue weighted by Gasteiger charge is 2.18. The molecule has 5 heteroatoms. The summed E-state index contributed by atoms with van der Waals surface area (Å²) in [6.07, 6.45) is 4.15. The first kappa shape index (κ1) is 13.8. The number of carbonyl (C=O) groups is 1. The van der Waals surface area contributed by atoms with Crippen molar-refractivity contribution in [2.24, 2.45) is 0 Å². The van der Waals surface area contributed by atoms with Gasteiger partial charge in [0.25, 0.3) is 0 Å². The maximum absolute atomic E-state index is 11.1. The molecule has 100 valence electrons. The lowest BCUT2D eigenvalue weighted by Gasteiger charge is -2.21. The summed E-state index contributed by atoms with van der Waals surface area (Å²) in [6.45, 7) is -0.0757. The largest absolute Gasteiger partial charge is 0.482 e. The second-order valence-corrected chi connectivity index (χ2v) is 5.11. The van der Waals surface area contributed by atoms with Crippen LogP contribution in [0.1, 0.15) is 24.0 Å². The molecule has 0 aromatic heterocycles. The van der Waals surface area contributed by atoms with Crippen molar-refractivity contribution in [1.29, 1.82) is 5.26 Å². The van der Waals surface area contributed by atoms with Gasteiger partial charge in [0.15, 0.2) is 6.61 Å². The Morgan fingerprint density at radius 1 is 1.37 bits per heavy atom. The highest BCUT2D eigenvalue weighted by atomic mass is 32.2. The molecule has 19 heavy (non-hydrogen) atoms. The molecule has 0 heterocycles. The Hall–Kier alpha value is -1.67. The number of thioether (sulfide) groups is 1. The predicted octanol–water partition coefficient (Wildman–Crippen LogP) is 2.69. The van der Waals surface area contributed by atoms with Gasteiger partial charge in [0.2, 0.25) is 0 Å². The van der Waals surface area contributed by atoms with Crippen molar-refractivity contribution in [1.82, 2.24) is 0 Å². The molecule has 1 aromatic carbocycles. The summed E-state index contributed by atoms with van der Waals surface area (Å²) in [5.74, 6) is 0.349. The number of fused-ring (bicyclic) bond motifs is 1. The standard InChI is InChI=1S/C14H15NO3S/c1-17-14(16)8-18-12-6-7-13(19-9-15)11-5-3-2-4-10(11)12/h6-7H,2-5,8H2,1H3. The minimum atomic E-state index is -0.389. The first-order valence-electron chi connectivity index (χ1n) is 6.16. The van der Waals surface area contributed by atoms with Crippen molar-refractivity contribution >= 4 is 17.7 Å². The second-order valence-electron chi connectivity index (χ2n) is 4.28. The molecule has 1 aliphatic rings. The lowest BCUT2D eigenvalue weighted by atomic mass is 9.91. The topological polar surface area (TPSA) is 59.3 Å². The maximum atomic E-state index is 11.1. The number of hydrogen-bond acceptors (Lipinski definition) is 5. The molecule has 1 aliphatic carbocycles. The Kier molecular flexibility index (Phi) is 4.69. The molecule has 4 nitrogen and oxygen atoms in total. The maximum Gasteiger partial charge on any atom is 0.343 e. The quantitative estimate of drug-likeness (QED) is 0.481. The highest BCUT2D eigenvalue weighted by Crippen LogP contribution is 2.36. The van der Waals surface area contributed by atoms with Crippen molar-refractivity contribution in [3.05, 3.63) is 23.3 Å². The van der Waals surface area contributed by atoms with Crippen LogP contribution >= 0.6 is 11.8 Å². The van der Waals surface area contributed by atoms with Crippen LogP contribution in [0.5, 0.6) is 5.75 Å². The van der Waals surface area contributed by atoms with Crippen LogP contribution in [0.2, 0.25) is 0 Å². The van der Waals surface area contributed by atoms with Gasteiger partial charge in [-0.15, -0.1) is 0 Å². The van der Waals surface area contributed by atoms with E-state index in [2.05, 4.69) is 10.1 Å². The average molecular weight is 277 g/mol. The molecule has 0 bridgehead atoms. The first-order valence-corrected chi connectivity index (χ1v) is 6.98. The molecule has 2 rings (SSSR count). The minimum Gasteiger partial charge on any atom is -0.482 e. The smallest absolute Gasteiger partial charge is 0.343 e. The summed E-state index contributed by atoms with van der Waals surface area (Å²) in [6, 6.07) is 3.73. The summed E-state index contributed by atoms with van der Waals surface area (Å²) in [4.78, 5) is 12.1. The molecular formula is C14H15NO3S. The summed E-state index contributed by atoms with van der Waals surface area (Å²) in [7, 11) is 1.34. The van der Waals surface area contributed by atoms with Crippen LogP contribution in [0.15, 0.2) is 17.0 Å². The highest BCUT2D eigenvalue weighted by molar-refractivity contribution is 8.03. The van der Waals surface area contributed by atoms with Crippen molar-refractivity contribution < 1.29 is 14.3 Å². The van der Waals surface area contributed by atoms with Gasteiger partial charge in [0.1, 0.15) is 11.2 Å². The summed E-state index contributed by atoms with van der Waals surface area (Å²) >= 11 is 1.19. The van der Waals surface area contributed by atoms with Crippen LogP contribution in [-0.2, 0) is 22.4 Å². The number of ether oxygens (including phenoxy) is 2. The molecule has 0 fully saturated rings. The Bertz CT molecular complexity index is 522. The lowest BCUT2D eigenvalue weighted by Crippen LogP contribution is -2.15. The molecule has 1 aromatic rings. The van der Waals surface area contributed by atoms with Crippen LogP contribution in [0.25, 0.3) is 0 Å². The third-order valence-corrected chi connectivity index (χ3v) is 3.87. The number of methoxy groups -OCH3 is 1. The van der Waals surface area contributed by atoms with Gasteiger partial charge in [-0.25, -0.2) is 4.79 Å². The summed E-state index contributed by atoms with van der Waals surface area (Å²) in [5, 5.41) is 10.9. The fourth-order valence-corrected chi connectivity index (χ4v) is 2.86. The van der Waals surface area contributed by atoms with Crippen LogP contribution in [-0.4, -0.2) is 19.7 Å². The Labute approximate surface area is 116 Å². The Morgan fingerprint density at radius 2 is 2.11 bits per heavy atom. The number of carbonyl (C=O) groups excluding carboxylic acids is 1. The van der Waals surface area contributed by atoms with Gasteiger partial charge < -0.3 is 9.47 Å². The minimum absolute atomic E-state index is 0.0757. The number of hydrogen-bond donors (Lipinski definition) is 0. The van der Waals surface area contributed by atoms with Gasteiger partial charge >= 0.3 is 5.97 Å². The number of esters is 1. The molecule has 0 aliphatic heterocycles. The van der Waals surface area contributed by atoms with E-state index in [0.717, 1.165) is 41.9 Å². The van der Waals surface area contributed by atoms with Gasteiger partial charge in [-0.05, 0) is 60.7 Å². The van der Waals surface area contributed by atoms with Gasteiger partial charge in [0.05, 0.1) is 7.11 Å². The number of rotatable bonds is 4. The average Bonchev–Trinajstić information content (AvgIpc) is 2.46. The van der Waals surface area contributed by atoms with Gasteiger partial charge in [-0.1, -0.05) is 0 Å². The van der Waals surface area contributed by atoms with E-state index in [4.69, 9.17) is 10.00 Å². The normalized spacial score (nSPS) is 13.3. The summed E-state index contributed by atoms with van der Waals surface area (Å²) < 4.78 is 10.1. The van der Waals surface area contributed by atoms with Crippen molar-refractivity contribution in [3.63, 3.8) is 0 Å². The predicted molar refractivity (Wildman–Crippen MR) is 72.1 cm³/mol. The van der Waals surface area contributed by atoms with Crippen molar-refractivity contribution in [3.8, 4) is 11.2 Å². The van der Waals surface area contributed by atoms with Gasteiger partial charge in [-0.3, -0.25) is 0 Å². The van der Waals surface area contributed by atoms with E-state index in [0.29, 0.717) is 0 Å². The Morgan fingerprint density at radius 3 is 2.79 bits per heavy atom. The Balaban J connectivity index is 2.25. The monoisotopic (exact) mass is 277 g/mol. The molecule has 0 saturated carbocycles. The van der Waals surface area contributed by atoms with Crippen LogP contribution in [0.4, 0.5) is 0 Å². The number of nitriles is 1. The molecular weight excluding hydrogens is 262 g/mol. The lowest BCUT2D eigenvalue weighted by molar-refractivity contribution is -0.142. The van der Waals surface area contributed by atoms with Crippen molar-refractivity contribution in [2.45, 2.75) is 30.6 Å². The van der Waals surface area contributed by atoms with E-state index in [1.54, 1.807) is 0 Å².